The lowest BCUT2D eigenvalue weighted by Crippen LogP contribution is -2.48. The SMILES string of the molecule is COc1ccc(CCNC(=S)NNC(=S)Nc2cccnc2)cc1OC. The van der Waals surface area contributed by atoms with Crippen molar-refractivity contribution in [2.45, 2.75) is 6.42 Å². The van der Waals surface area contributed by atoms with E-state index in [4.69, 9.17) is 33.9 Å². The van der Waals surface area contributed by atoms with E-state index in [9.17, 15) is 0 Å². The van der Waals surface area contributed by atoms with Crippen molar-refractivity contribution in [3.8, 4) is 11.5 Å². The van der Waals surface area contributed by atoms with Crippen molar-refractivity contribution in [1.82, 2.24) is 21.2 Å². The van der Waals surface area contributed by atoms with Gasteiger partial charge in [-0.05, 0) is 60.7 Å². The highest BCUT2D eigenvalue weighted by Gasteiger charge is 2.05. The maximum absolute atomic E-state index is 5.30. The van der Waals surface area contributed by atoms with Crippen molar-refractivity contribution in [1.29, 1.82) is 0 Å². The van der Waals surface area contributed by atoms with Gasteiger partial charge in [0.15, 0.2) is 21.7 Å². The molecule has 0 aliphatic carbocycles. The lowest BCUT2D eigenvalue weighted by molar-refractivity contribution is 0.354. The number of hydrogen-bond acceptors (Lipinski definition) is 5. The van der Waals surface area contributed by atoms with Crippen LogP contribution in [0, 0.1) is 0 Å². The van der Waals surface area contributed by atoms with Gasteiger partial charge in [0.05, 0.1) is 26.1 Å². The number of aromatic nitrogens is 1. The third kappa shape index (κ3) is 6.34. The van der Waals surface area contributed by atoms with Crippen LogP contribution in [0.5, 0.6) is 11.5 Å². The fourth-order valence-electron chi connectivity index (χ4n) is 2.11. The van der Waals surface area contributed by atoms with Gasteiger partial charge in [0, 0.05) is 12.7 Å². The molecule has 0 spiro atoms. The number of methoxy groups -OCH3 is 2. The number of benzene rings is 1. The number of nitrogens with one attached hydrogen (secondary N) is 4. The molecule has 0 bridgehead atoms. The van der Waals surface area contributed by atoms with Crippen LogP contribution in [0.1, 0.15) is 5.56 Å². The third-order valence-electron chi connectivity index (χ3n) is 3.36. The predicted molar refractivity (Wildman–Crippen MR) is 111 cm³/mol. The summed E-state index contributed by atoms with van der Waals surface area (Å²) in [5, 5.41) is 6.92. The van der Waals surface area contributed by atoms with E-state index in [2.05, 4.69) is 26.5 Å². The number of ether oxygens (including phenoxy) is 2. The van der Waals surface area contributed by atoms with Crippen LogP contribution in [0.2, 0.25) is 0 Å². The summed E-state index contributed by atoms with van der Waals surface area (Å²) in [5.41, 5.74) is 7.55. The Labute approximate surface area is 163 Å². The molecule has 4 N–H and O–H groups in total. The van der Waals surface area contributed by atoms with E-state index in [0.717, 1.165) is 17.7 Å². The molecule has 9 heteroatoms. The lowest BCUT2D eigenvalue weighted by Gasteiger charge is -2.14. The minimum atomic E-state index is 0.391. The van der Waals surface area contributed by atoms with E-state index in [1.165, 1.54) is 0 Å². The van der Waals surface area contributed by atoms with Crippen LogP contribution < -0.4 is 31.0 Å². The number of hydrogen-bond donors (Lipinski definition) is 4. The van der Waals surface area contributed by atoms with Gasteiger partial charge in [-0.25, -0.2) is 0 Å². The summed E-state index contributed by atoms with van der Waals surface area (Å²) in [6.07, 6.45) is 4.14. The standard InChI is InChI=1S/C17H21N5O2S2/c1-23-14-6-5-12(10-15(14)24-2)7-9-19-16(25)21-22-17(26)20-13-4-3-8-18-11-13/h3-6,8,10-11H,7,9H2,1-2H3,(H2,19,21,25)(H2,20,22,26). The van der Waals surface area contributed by atoms with Crippen LogP contribution in [0.25, 0.3) is 0 Å². The Morgan fingerprint density at radius 2 is 1.81 bits per heavy atom. The third-order valence-corrected chi connectivity index (χ3v) is 3.81. The maximum Gasteiger partial charge on any atom is 0.189 e. The van der Waals surface area contributed by atoms with Gasteiger partial charge >= 0.3 is 0 Å². The second kappa shape index (κ2) is 10.4. The van der Waals surface area contributed by atoms with Crippen molar-refractivity contribution >= 4 is 40.3 Å². The Morgan fingerprint density at radius 1 is 1.04 bits per heavy atom. The van der Waals surface area contributed by atoms with Crippen molar-refractivity contribution in [3.63, 3.8) is 0 Å². The highest BCUT2D eigenvalue weighted by Crippen LogP contribution is 2.27. The molecule has 0 fully saturated rings. The monoisotopic (exact) mass is 391 g/mol. The Hall–Kier alpha value is -2.65. The van der Waals surface area contributed by atoms with Gasteiger partial charge in [-0.15, -0.1) is 0 Å². The van der Waals surface area contributed by atoms with Gasteiger partial charge in [-0.3, -0.25) is 15.8 Å². The quantitative estimate of drug-likeness (QED) is 0.437. The summed E-state index contributed by atoms with van der Waals surface area (Å²) in [6.45, 7) is 0.659. The van der Waals surface area contributed by atoms with E-state index in [1.54, 1.807) is 26.6 Å². The predicted octanol–water partition coefficient (Wildman–Crippen LogP) is 2.01. The van der Waals surface area contributed by atoms with Gasteiger partial charge in [0.25, 0.3) is 0 Å². The largest absolute Gasteiger partial charge is 0.493 e. The van der Waals surface area contributed by atoms with Crippen LogP contribution in [0.15, 0.2) is 42.7 Å². The molecule has 0 radical (unpaired) electrons. The molecule has 7 nitrogen and oxygen atoms in total. The number of nitrogens with zero attached hydrogens (tertiary/aromatic N) is 1. The normalized spacial score (nSPS) is 9.77. The first-order valence-electron chi connectivity index (χ1n) is 7.84. The molecular weight excluding hydrogens is 370 g/mol. The van der Waals surface area contributed by atoms with Gasteiger partial charge in [0.1, 0.15) is 0 Å². The highest BCUT2D eigenvalue weighted by atomic mass is 32.1. The van der Waals surface area contributed by atoms with E-state index in [1.807, 2.05) is 30.3 Å². The average molecular weight is 392 g/mol. The number of thiocarbonyl (C=S) groups is 2. The zero-order valence-electron chi connectivity index (χ0n) is 14.5. The number of anilines is 1. The lowest BCUT2D eigenvalue weighted by atomic mass is 10.1. The van der Waals surface area contributed by atoms with Crippen LogP contribution in [0.4, 0.5) is 5.69 Å². The maximum atomic E-state index is 5.30. The molecule has 0 atom stereocenters. The van der Waals surface area contributed by atoms with Crippen molar-refractivity contribution in [2.75, 3.05) is 26.1 Å². The van der Waals surface area contributed by atoms with Gasteiger partial charge < -0.3 is 20.1 Å². The molecule has 1 aromatic carbocycles. The van der Waals surface area contributed by atoms with E-state index < -0.39 is 0 Å². The molecule has 0 aliphatic heterocycles. The zero-order chi connectivity index (χ0) is 18.8. The molecule has 2 rings (SSSR count). The second-order valence-corrected chi connectivity index (χ2v) is 5.96. The number of hydrazine groups is 1. The highest BCUT2D eigenvalue weighted by molar-refractivity contribution is 7.80. The summed E-state index contributed by atoms with van der Waals surface area (Å²) < 4.78 is 10.5. The van der Waals surface area contributed by atoms with E-state index in [0.29, 0.717) is 28.3 Å². The van der Waals surface area contributed by atoms with Gasteiger partial charge in [-0.2, -0.15) is 0 Å². The molecule has 138 valence electrons. The Bertz CT molecular complexity index is 743. The molecule has 26 heavy (non-hydrogen) atoms. The summed E-state index contributed by atoms with van der Waals surface area (Å²) in [7, 11) is 3.23. The minimum absolute atomic E-state index is 0.391. The van der Waals surface area contributed by atoms with Crippen molar-refractivity contribution < 1.29 is 9.47 Å². The molecule has 0 unspecified atom stereocenters. The molecule has 1 heterocycles. The average Bonchev–Trinajstić information content (AvgIpc) is 2.67. The van der Waals surface area contributed by atoms with Gasteiger partial charge in [0.2, 0.25) is 0 Å². The second-order valence-electron chi connectivity index (χ2n) is 5.14. The first-order chi connectivity index (χ1) is 12.6. The topological polar surface area (TPSA) is 79.5 Å². The number of rotatable bonds is 6. The van der Waals surface area contributed by atoms with Crippen LogP contribution in [-0.2, 0) is 6.42 Å². The zero-order valence-corrected chi connectivity index (χ0v) is 16.2. The fourth-order valence-corrected chi connectivity index (χ4v) is 2.44. The van der Waals surface area contributed by atoms with E-state index >= 15 is 0 Å². The molecule has 2 aromatic rings. The molecular formula is C17H21N5O2S2. The molecule has 0 saturated carbocycles. The van der Waals surface area contributed by atoms with Gasteiger partial charge in [-0.1, -0.05) is 6.07 Å². The fraction of sp³-hybridized carbons (Fsp3) is 0.235. The van der Waals surface area contributed by atoms with Crippen LogP contribution in [0.3, 0.4) is 0 Å². The molecule has 1 aromatic heterocycles. The van der Waals surface area contributed by atoms with Crippen LogP contribution in [-0.4, -0.2) is 36.0 Å². The number of pyridine rings is 1. The van der Waals surface area contributed by atoms with Crippen molar-refractivity contribution in [3.05, 3.63) is 48.3 Å². The summed E-state index contributed by atoms with van der Waals surface area (Å²) >= 11 is 10.4. The summed E-state index contributed by atoms with van der Waals surface area (Å²) in [5.74, 6) is 1.42. The van der Waals surface area contributed by atoms with E-state index in [-0.39, 0.29) is 0 Å². The Balaban J connectivity index is 1.69. The summed E-state index contributed by atoms with van der Waals surface area (Å²) in [4.78, 5) is 4.00. The first kappa shape index (κ1) is 19.7. The molecule has 0 amide bonds. The smallest absolute Gasteiger partial charge is 0.189 e. The Kier molecular flexibility index (Phi) is 7.84. The molecule has 0 aliphatic rings. The molecule has 0 saturated heterocycles. The van der Waals surface area contributed by atoms with Crippen molar-refractivity contribution in [2.24, 2.45) is 0 Å². The van der Waals surface area contributed by atoms with Crippen LogP contribution >= 0.6 is 24.4 Å². The Morgan fingerprint density at radius 3 is 2.50 bits per heavy atom. The summed E-state index contributed by atoms with van der Waals surface area (Å²) in [6, 6.07) is 9.50. The minimum Gasteiger partial charge on any atom is -0.493 e. The first-order valence-corrected chi connectivity index (χ1v) is 8.66.